The highest BCUT2D eigenvalue weighted by atomic mass is 35.5. The van der Waals surface area contributed by atoms with Crippen molar-refractivity contribution in [3.8, 4) is 5.75 Å². The summed E-state index contributed by atoms with van der Waals surface area (Å²) < 4.78 is 11.3. The van der Waals surface area contributed by atoms with Crippen molar-refractivity contribution in [2.24, 2.45) is 0 Å². The SMILES string of the molecule is Cc1ccc(C(=O)Oc2c(Cc3ccccc3)c(=O)oc3cccc(Cl)c23)cc1C. The van der Waals surface area contributed by atoms with E-state index in [1.54, 1.807) is 30.3 Å². The molecule has 5 heteroatoms. The third-order valence-corrected chi connectivity index (χ3v) is 5.40. The normalized spacial score (nSPS) is 10.9. The number of rotatable bonds is 4. The molecule has 0 bridgehead atoms. The third kappa shape index (κ3) is 3.87. The van der Waals surface area contributed by atoms with Crippen LogP contribution in [0.5, 0.6) is 5.75 Å². The van der Waals surface area contributed by atoms with E-state index < -0.39 is 11.6 Å². The Morgan fingerprint density at radius 2 is 1.73 bits per heavy atom. The largest absolute Gasteiger partial charge is 0.422 e. The Bertz CT molecular complexity index is 1310. The molecule has 0 saturated heterocycles. The second-order valence-electron chi connectivity index (χ2n) is 7.16. The van der Waals surface area contributed by atoms with Crippen molar-refractivity contribution in [1.82, 2.24) is 0 Å². The molecule has 0 saturated carbocycles. The minimum absolute atomic E-state index is 0.138. The Kier molecular flexibility index (Phi) is 5.42. The average Bonchev–Trinajstić information content (AvgIpc) is 2.73. The average molecular weight is 419 g/mol. The highest BCUT2D eigenvalue weighted by molar-refractivity contribution is 6.36. The van der Waals surface area contributed by atoms with E-state index in [9.17, 15) is 9.59 Å². The summed E-state index contributed by atoms with van der Waals surface area (Å²) >= 11 is 6.41. The molecule has 0 radical (unpaired) electrons. The molecular formula is C25H19ClO4. The van der Waals surface area contributed by atoms with Crippen LogP contribution in [0.4, 0.5) is 0 Å². The van der Waals surface area contributed by atoms with Gasteiger partial charge in [-0.2, -0.15) is 0 Å². The van der Waals surface area contributed by atoms with Crippen molar-refractivity contribution in [3.05, 3.63) is 110 Å². The van der Waals surface area contributed by atoms with E-state index in [2.05, 4.69) is 0 Å². The fourth-order valence-electron chi connectivity index (χ4n) is 3.30. The van der Waals surface area contributed by atoms with E-state index >= 15 is 0 Å². The lowest BCUT2D eigenvalue weighted by atomic mass is 10.0. The number of carbonyl (C=O) groups excluding carboxylic acids is 1. The summed E-state index contributed by atoms with van der Waals surface area (Å²) in [4.78, 5) is 25.7. The molecule has 3 aromatic carbocycles. The van der Waals surface area contributed by atoms with Crippen molar-refractivity contribution in [3.63, 3.8) is 0 Å². The van der Waals surface area contributed by atoms with Crippen molar-refractivity contribution >= 4 is 28.5 Å². The molecule has 4 rings (SSSR count). The van der Waals surface area contributed by atoms with Gasteiger partial charge < -0.3 is 9.15 Å². The van der Waals surface area contributed by atoms with Crippen LogP contribution in [-0.4, -0.2) is 5.97 Å². The smallest absolute Gasteiger partial charge is 0.343 e. The summed E-state index contributed by atoms with van der Waals surface area (Å²) in [5, 5.41) is 0.746. The molecule has 0 amide bonds. The summed E-state index contributed by atoms with van der Waals surface area (Å²) in [5.41, 5.74) is 3.30. The molecule has 0 aliphatic rings. The molecule has 0 spiro atoms. The van der Waals surface area contributed by atoms with Gasteiger partial charge in [-0.15, -0.1) is 0 Å². The van der Waals surface area contributed by atoms with Gasteiger partial charge in [0.05, 0.1) is 21.5 Å². The van der Waals surface area contributed by atoms with Gasteiger partial charge in [0.2, 0.25) is 0 Å². The van der Waals surface area contributed by atoms with Gasteiger partial charge in [-0.25, -0.2) is 9.59 Å². The number of halogens is 1. The van der Waals surface area contributed by atoms with Crippen LogP contribution in [0.1, 0.15) is 32.6 Å². The third-order valence-electron chi connectivity index (χ3n) is 5.09. The second-order valence-corrected chi connectivity index (χ2v) is 7.57. The standard InChI is InChI=1S/C25H19ClO4/c1-15-11-12-18(13-16(15)2)24(27)30-23-19(14-17-7-4-3-5-8-17)25(28)29-21-10-6-9-20(26)22(21)23/h3-13H,14H2,1-2H3. The van der Waals surface area contributed by atoms with Crippen LogP contribution in [-0.2, 0) is 6.42 Å². The van der Waals surface area contributed by atoms with E-state index in [1.807, 2.05) is 50.2 Å². The van der Waals surface area contributed by atoms with E-state index in [1.165, 1.54) is 0 Å². The Morgan fingerprint density at radius 1 is 0.967 bits per heavy atom. The number of aryl methyl sites for hydroxylation is 2. The maximum atomic E-state index is 13.0. The Morgan fingerprint density at radius 3 is 2.47 bits per heavy atom. The molecule has 4 nitrogen and oxygen atoms in total. The molecule has 0 unspecified atom stereocenters. The monoisotopic (exact) mass is 418 g/mol. The fraction of sp³-hybridized carbons (Fsp3) is 0.120. The molecule has 1 aromatic heterocycles. The molecule has 30 heavy (non-hydrogen) atoms. The lowest BCUT2D eigenvalue weighted by molar-refractivity contribution is 0.0735. The first kappa shape index (κ1) is 19.9. The zero-order chi connectivity index (χ0) is 21.3. The zero-order valence-electron chi connectivity index (χ0n) is 16.6. The van der Waals surface area contributed by atoms with E-state index in [4.69, 9.17) is 20.8 Å². The lowest BCUT2D eigenvalue weighted by Crippen LogP contribution is -2.16. The van der Waals surface area contributed by atoms with Crippen LogP contribution in [0.25, 0.3) is 11.0 Å². The number of benzene rings is 3. The van der Waals surface area contributed by atoms with E-state index in [-0.39, 0.29) is 23.3 Å². The highest BCUT2D eigenvalue weighted by Gasteiger charge is 2.22. The summed E-state index contributed by atoms with van der Waals surface area (Å²) in [5.74, 6) is -0.418. The molecule has 0 atom stereocenters. The van der Waals surface area contributed by atoms with Gasteiger partial charge >= 0.3 is 11.6 Å². The predicted octanol–water partition coefficient (Wildman–Crippen LogP) is 5.87. The van der Waals surface area contributed by atoms with Crippen LogP contribution < -0.4 is 10.4 Å². The topological polar surface area (TPSA) is 56.5 Å². The van der Waals surface area contributed by atoms with Gasteiger partial charge in [-0.05, 0) is 54.8 Å². The minimum atomic E-state index is -0.559. The van der Waals surface area contributed by atoms with E-state index in [0.717, 1.165) is 16.7 Å². The number of fused-ring (bicyclic) bond motifs is 1. The molecule has 1 heterocycles. The van der Waals surface area contributed by atoms with Crippen molar-refractivity contribution < 1.29 is 13.9 Å². The molecule has 150 valence electrons. The molecular weight excluding hydrogens is 400 g/mol. The van der Waals surface area contributed by atoms with Crippen molar-refractivity contribution in [2.45, 2.75) is 20.3 Å². The van der Waals surface area contributed by atoms with Crippen LogP contribution in [0.2, 0.25) is 5.02 Å². The van der Waals surface area contributed by atoms with Crippen LogP contribution in [0.15, 0.2) is 75.9 Å². The predicted molar refractivity (Wildman–Crippen MR) is 118 cm³/mol. The number of carbonyl (C=O) groups is 1. The Hall–Kier alpha value is -3.37. The number of esters is 1. The molecule has 0 fully saturated rings. The van der Waals surface area contributed by atoms with Gasteiger partial charge in [-0.1, -0.05) is 54.1 Å². The summed E-state index contributed by atoms with van der Waals surface area (Å²) in [7, 11) is 0. The highest BCUT2D eigenvalue weighted by Crippen LogP contribution is 2.35. The van der Waals surface area contributed by atoms with Gasteiger partial charge in [-0.3, -0.25) is 0 Å². The minimum Gasteiger partial charge on any atom is -0.422 e. The maximum Gasteiger partial charge on any atom is 0.343 e. The summed E-state index contributed by atoms with van der Waals surface area (Å²) in [6.07, 6.45) is 0.250. The molecule has 0 N–H and O–H groups in total. The van der Waals surface area contributed by atoms with Gasteiger partial charge in [0, 0.05) is 6.42 Å². The van der Waals surface area contributed by atoms with Gasteiger partial charge in [0.25, 0.3) is 0 Å². The molecule has 0 aliphatic carbocycles. The summed E-state index contributed by atoms with van der Waals surface area (Å²) in [6, 6.07) is 19.8. The first-order valence-electron chi connectivity index (χ1n) is 9.51. The summed E-state index contributed by atoms with van der Waals surface area (Å²) in [6.45, 7) is 3.90. The lowest BCUT2D eigenvalue weighted by Gasteiger charge is -2.13. The van der Waals surface area contributed by atoms with Gasteiger partial charge in [0.1, 0.15) is 5.58 Å². The second kappa shape index (κ2) is 8.17. The van der Waals surface area contributed by atoms with Crippen molar-refractivity contribution in [2.75, 3.05) is 0 Å². The molecule has 0 aliphatic heterocycles. The number of ether oxygens (including phenoxy) is 1. The number of hydrogen-bond acceptors (Lipinski definition) is 4. The van der Waals surface area contributed by atoms with E-state index in [0.29, 0.717) is 16.0 Å². The van der Waals surface area contributed by atoms with Gasteiger partial charge in [0.15, 0.2) is 5.75 Å². The first-order valence-corrected chi connectivity index (χ1v) is 9.89. The maximum absolute atomic E-state index is 13.0. The zero-order valence-corrected chi connectivity index (χ0v) is 17.3. The van der Waals surface area contributed by atoms with Crippen LogP contribution >= 0.6 is 11.6 Å². The van der Waals surface area contributed by atoms with Crippen molar-refractivity contribution in [1.29, 1.82) is 0 Å². The van der Waals surface area contributed by atoms with Crippen LogP contribution in [0.3, 0.4) is 0 Å². The number of hydrogen-bond donors (Lipinski definition) is 0. The quantitative estimate of drug-likeness (QED) is 0.307. The Balaban J connectivity index is 1.87. The fourth-order valence-corrected chi connectivity index (χ4v) is 3.55. The first-order chi connectivity index (χ1) is 14.4. The van der Waals surface area contributed by atoms with Crippen LogP contribution in [0, 0.1) is 13.8 Å². The molecule has 4 aromatic rings. The Labute approximate surface area is 178 Å².